The van der Waals surface area contributed by atoms with Gasteiger partial charge in [-0.2, -0.15) is 0 Å². The van der Waals surface area contributed by atoms with Gasteiger partial charge in [-0.1, -0.05) is 6.07 Å². The molecule has 1 aromatic heterocycles. The largest absolute Gasteiger partial charge is 0.486 e. The molecule has 2 aliphatic heterocycles. The molecular weight excluding hydrogens is 543 g/mol. The van der Waals surface area contributed by atoms with Gasteiger partial charge in [-0.05, 0) is 69.4 Å². The minimum absolute atomic E-state index is 0.0247. The number of aromatic nitrogens is 2. The molecule has 0 bridgehead atoms. The SMILES string of the molecule is CCS(=O)(=O)N1CCC(c2ccc(Nc3ncc(F)c(-c4cc(F)c5c(c4)N(C(C)C)CCO5)n3)cc2F)CC1. The Kier molecular flexibility index (Phi) is 7.92. The fourth-order valence-corrected chi connectivity index (χ4v) is 6.43. The summed E-state index contributed by atoms with van der Waals surface area (Å²) in [5.41, 5.74) is 1.54. The van der Waals surface area contributed by atoms with Crippen LogP contribution in [0.3, 0.4) is 0 Å². The second-order valence-corrected chi connectivity index (χ2v) is 12.5. The number of hydrogen-bond donors (Lipinski definition) is 1. The van der Waals surface area contributed by atoms with Gasteiger partial charge in [0.05, 0.1) is 24.2 Å². The highest BCUT2D eigenvalue weighted by Gasteiger charge is 2.29. The molecule has 0 saturated carbocycles. The molecule has 1 N–H and O–H groups in total. The van der Waals surface area contributed by atoms with Crippen molar-refractivity contribution in [2.24, 2.45) is 0 Å². The van der Waals surface area contributed by atoms with Gasteiger partial charge in [-0.25, -0.2) is 35.9 Å². The monoisotopic (exact) mass is 575 g/mol. The second-order valence-electron chi connectivity index (χ2n) is 10.3. The number of nitrogens with zero attached hydrogens (tertiary/aromatic N) is 4. The smallest absolute Gasteiger partial charge is 0.227 e. The van der Waals surface area contributed by atoms with E-state index in [0.717, 1.165) is 6.20 Å². The van der Waals surface area contributed by atoms with E-state index >= 15 is 4.39 Å². The van der Waals surface area contributed by atoms with E-state index in [0.29, 0.717) is 56.0 Å². The van der Waals surface area contributed by atoms with E-state index in [4.69, 9.17) is 4.74 Å². The third kappa shape index (κ3) is 5.60. The molecule has 0 spiro atoms. The maximum absolute atomic E-state index is 15.1. The van der Waals surface area contributed by atoms with Crippen LogP contribution in [-0.2, 0) is 10.0 Å². The summed E-state index contributed by atoms with van der Waals surface area (Å²) in [7, 11) is -3.26. The number of benzene rings is 2. The highest BCUT2D eigenvalue weighted by atomic mass is 32.2. The van der Waals surface area contributed by atoms with Crippen molar-refractivity contribution >= 4 is 27.3 Å². The Bertz CT molecular complexity index is 1510. The van der Waals surface area contributed by atoms with Gasteiger partial charge < -0.3 is 15.0 Å². The zero-order chi connectivity index (χ0) is 28.6. The van der Waals surface area contributed by atoms with Crippen molar-refractivity contribution < 1.29 is 26.3 Å². The van der Waals surface area contributed by atoms with Gasteiger partial charge in [0.2, 0.25) is 16.0 Å². The lowest BCUT2D eigenvalue weighted by Crippen LogP contribution is -2.38. The van der Waals surface area contributed by atoms with E-state index in [1.165, 1.54) is 16.4 Å². The third-order valence-corrected chi connectivity index (χ3v) is 9.34. The first-order valence-corrected chi connectivity index (χ1v) is 15.0. The summed E-state index contributed by atoms with van der Waals surface area (Å²) in [5.74, 6) is -1.67. The number of piperidine rings is 1. The molecule has 0 amide bonds. The molecule has 0 atom stereocenters. The zero-order valence-electron chi connectivity index (χ0n) is 22.6. The molecule has 3 heterocycles. The average Bonchev–Trinajstić information content (AvgIpc) is 2.94. The fourth-order valence-electron chi connectivity index (χ4n) is 5.30. The number of halogens is 3. The standard InChI is InChI=1S/C28H32F3N5O3S/c1-4-40(37,38)35-9-7-18(8-10-35)21-6-5-20(15-22(21)29)33-28-32-16-24(31)26(34-28)19-13-23(30)27-25(14-19)36(17(2)3)11-12-39-27/h5-6,13-18H,4,7-12H2,1-3H3,(H,32,33,34). The lowest BCUT2D eigenvalue weighted by atomic mass is 9.90. The minimum Gasteiger partial charge on any atom is -0.486 e. The number of nitrogens with one attached hydrogen (secondary N) is 1. The van der Waals surface area contributed by atoms with Crippen LogP contribution in [0.4, 0.5) is 30.5 Å². The van der Waals surface area contributed by atoms with Crippen LogP contribution in [0.2, 0.25) is 0 Å². The van der Waals surface area contributed by atoms with Gasteiger partial charge >= 0.3 is 0 Å². The van der Waals surface area contributed by atoms with Gasteiger partial charge in [-0.3, -0.25) is 0 Å². The Labute approximate surface area is 232 Å². The average molecular weight is 576 g/mol. The molecule has 40 heavy (non-hydrogen) atoms. The third-order valence-electron chi connectivity index (χ3n) is 7.46. The summed E-state index contributed by atoms with van der Waals surface area (Å²) in [6, 6.07) is 7.57. The lowest BCUT2D eigenvalue weighted by Gasteiger charge is -2.34. The number of rotatable bonds is 7. The molecule has 0 aliphatic carbocycles. The molecule has 2 aliphatic rings. The van der Waals surface area contributed by atoms with Gasteiger partial charge in [0, 0.05) is 30.4 Å². The summed E-state index contributed by atoms with van der Waals surface area (Å²) in [6.45, 7) is 7.22. The first kappa shape index (κ1) is 28.2. The molecule has 2 aromatic carbocycles. The van der Waals surface area contributed by atoms with Crippen molar-refractivity contribution in [1.82, 2.24) is 14.3 Å². The second kappa shape index (κ2) is 11.2. The summed E-state index contributed by atoms with van der Waals surface area (Å²) in [4.78, 5) is 10.2. The van der Waals surface area contributed by atoms with E-state index in [2.05, 4.69) is 15.3 Å². The van der Waals surface area contributed by atoms with Crippen LogP contribution in [0.25, 0.3) is 11.3 Å². The fraction of sp³-hybridized carbons (Fsp3) is 0.429. The van der Waals surface area contributed by atoms with Crippen LogP contribution in [0.15, 0.2) is 36.5 Å². The van der Waals surface area contributed by atoms with Crippen molar-refractivity contribution in [1.29, 1.82) is 0 Å². The number of ether oxygens (including phenoxy) is 1. The van der Waals surface area contributed by atoms with Crippen LogP contribution < -0.4 is 15.0 Å². The minimum atomic E-state index is -3.26. The number of sulfonamides is 1. The zero-order valence-corrected chi connectivity index (χ0v) is 23.4. The molecule has 214 valence electrons. The van der Waals surface area contributed by atoms with Gasteiger partial charge in [0.1, 0.15) is 18.1 Å². The Morgan fingerprint density at radius 3 is 2.48 bits per heavy atom. The molecule has 5 rings (SSSR count). The quantitative estimate of drug-likeness (QED) is 0.401. The molecule has 0 radical (unpaired) electrons. The van der Waals surface area contributed by atoms with Crippen molar-refractivity contribution in [3.8, 4) is 17.0 Å². The van der Waals surface area contributed by atoms with E-state index in [-0.39, 0.29) is 40.7 Å². The number of fused-ring (bicyclic) bond motifs is 1. The predicted octanol–water partition coefficient (Wildman–Crippen LogP) is 5.44. The van der Waals surface area contributed by atoms with Crippen LogP contribution >= 0.6 is 0 Å². The Hall–Kier alpha value is -3.38. The summed E-state index contributed by atoms with van der Waals surface area (Å²) >= 11 is 0. The van der Waals surface area contributed by atoms with Crippen LogP contribution in [0, 0.1) is 17.5 Å². The Morgan fingerprint density at radius 1 is 1.05 bits per heavy atom. The van der Waals surface area contributed by atoms with Gasteiger partial charge in [0.25, 0.3) is 0 Å². The molecule has 1 fully saturated rings. The summed E-state index contributed by atoms with van der Waals surface area (Å²) in [6.07, 6.45) is 2.05. The maximum atomic E-state index is 15.1. The van der Waals surface area contributed by atoms with Gasteiger partial charge in [0.15, 0.2) is 17.4 Å². The highest BCUT2D eigenvalue weighted by Crippen LogP contribution is 2.39. The molecule has 12 heteroatoms. The topological polar surface area (TPSA) is 87.7 Å². The van der Waals surface area contributed by atoms with E-state index in [1.807, 2.05) is 18.7 Å². The van der Waals surface area contributed by atoms with Crippen molar-refractivity contribution in [2.45, 2.75) is 45.6 Å². The van der Waals surface area contributed by atoms with E-state index in [1.54, 1.807) is 25.1 Å². The van der Waals surface area contributed by atoms with Crippen molar-refractivity contribution in [2.75, 3.05) is 42.2 Å². The van der Waals surface area contributed by atoms with Crippen LogP contribution in [-0.4, -0.2) is 60.7 Å². The lowest BCUT2D eigenvalue weighted by molar-refractivity contribution is 0.287. The predicted molar refractivity (Wildman–Crippen MR) is 148 cm³/mol. The first-order chi connectivity index (χ1) is 19.1. The van der Waals surface area contributed by atoms with Gasteiger partial charge in [-0.15, -0.1) is 0 Å². The Morgan fingerprint density at radius 2 is 1.80 bits per heavy atom. The molecular formula is C28H32F3N5O3S. The molecule has 8 nitrogen and oxygen atoms in total. The normalized spacial score (nSPS) is 16.6. The molecule has 1 saturated heterocycles. The summed E-state index contributed by atoms with van der Waals surface area (Å²) < 4.78 is 76.1. The van der Waals surface area contributed by atoms with Crippen molar-refractivity contribution in [3.05, 3.63) is 59.5 Å². The summed E-state index contributed by atoms with van der Waals surface area (Å²) in [5, 5.41) is 2.91. The van der Waals surface area contributed by atoms with E-state index in [9.17, 15) is 17.2 Å². The molecule has 0 unspecified atom stereocenters. The van der Waals surface area contributed by atoms with Crippen LogP contribution in [0.5, 0.6) is 5.75 Å². The number of hydrogen-bond acceptors (Lipinski definition) is 7. The highest BCUT2D eigenvalue weighted by molar-refractivity contribution is 7.89. The number of anilines is 3. The van der Waals surface area contributed by atoms with Crippen molar-refractivity contribution in [3.63, 3.8) is 0 Å². The van der Waals surface area contributed by atoms with E-state index < -0.39 is 27.5 Å². The molecule has 3 aromatic rings. The first-order valence-electron chi connectivity index (χ1n) is 13.4. The van der Waals surface area contributed by atoms with Crippen LogP contribution in [0.1, 0.15) is 45.1 Å². The maximum Gasteiger partial charge on any atom is 0.227 e. The Balaban J connectivity index is 1.36.